The maximum absolute atomic E-state index is 12.1. The first-order valence-corrected chi connectivity index (χ1v) is 6.85. The zero-order chi connectivity index (χ0) is 12.3. The Bertz CT molecular complexity index is 545. The van der Waals surface area contributed by atoms with E-state index in [-0.39, 0.29) is 18.9 Å². The van der Waals surface area contributed by atoms with E-state index in [9.17, 15) is 8.42 Å². The van der Waals surface area contributed by atoms with Crippen LogP contribution < -0.4 is 4.31 Å². The fraction of sp³-hybridized carbons (Fsp3) is 0.333. The summed E-state index contributed by atoms with van der Waals surface area (Å²) in [4.78, 5) is 0. The van der Waals surface area contributed by atoms with Crippen LogP contribution in [-0.2, 0) is 21.4 Å². The van der Waals surface area contributed by atoms with E-state index in [1.165, 1.54) is 4.31 Å². The van der Waals surface area contributed by atoms with Crippen LogP contribution in [0.1, 0.15) is 5.56 Å². The van der Waals surface area contributed by atoms with Crippen molar-refractivity contribution < 1.29 is 13.2 Å². The van der Waals surface area contributed by atoms with Gasteiger partial charge in [0.25, 0.3) is 0 Å². The molecule has 1 aromatic carbocycles. The number of rotatable bonds is 1. The van der Waals surface area contributed by atoms with Crippen molar-refractivity contribution in [1.82, 2.24) is 0 Å². The molecule has 4 nitrogen and oxygen atoms in total. The smallest absolute Gasteiger partial charge is 0.238 e. The Kier molecular flexibility index (Phi) is 3.36. The van der Waals surface area contributed by atoms with Crippen LogP contribution in [0.25, 0.3) is 0 Å². The molecule has 5 heteroatoms. The lowest BCUT2D eigenvalue weighted by Crippen LogP contribution is -2.36. The molecule has 0 aliphatic carbocycles. The number of hydrogen-bond acceptors (Lipinski definition) is 3. The highest BCUT2D eigenvalue weighted by molar-refractivity contribution is 7.92. The Balaban J connectivity index is 2.53. The molecule has 1 aliphatic rings. The van der Waals surface area contributed by atoms with Crippen LogP contribution in [0.4, 0.5) is 5.69 Å². The first kappa shape index (κ1) is 12.0. The van der Waals surface area contributed by atoms with Gasteiger partial charge in [-0.2, -0.15) is 0 Å². The highest BCUT2D eigenvalue weighted by Gasteiger charge is 2.25. The summed E-state index contributed by atoms with van der Waals surface area (Å²) < 4.78 is 30.7. The standard InChI is InChI=1S/C12H13NO3S/c1-2-7-13-12-6-4-3-5-11(12)10-16-8-9-17(13,14)15/h1,3-6H,7-10H2. The molecule has 0 atom stereocenters. The van der Waals surface area contributed by atoms with Crippen molar-refractivity contribution >= 4 is 15.7 Å². The highest BCUT2D eigenvalue weighted by Crippen LogP contribution is 2.25. The molecule has 0 spiro atoms. The van der Waals surface area contributed by atoms with Crippen molar-refractivity contribution in [2.24, 2.45) is 0 Å². The second kappa shape index (κ2) is 4.78. The lowest BCUT2D eigenvalue weighted by atomic mass is 10.2. The van der Waals surface area contributed by atoms with E-state index in [2.05, 4.69) is 5.92 Å². The summed E-state index contributed by atoms with van der Waals surface area (Å²) in [6.45, 7) is 0.657. The molecule has 0 N–H and O–H groups in total. The van der Waals surface area contributed by atoms with Crippen molar-refractivity contribution in [2.45, 2.75) is 6.61 Å². The Morgan fingerprint density at radius 1 is 1.41 bits per heavy atom. The topological polar surface area (TPSA) is 46.6 Å². The van der Waals surface area contributed by atoms with E-state index in [1.807, 2.05) is 12.1 Å². The normalized spacial score (nSPS) is 18.6. The number of fused-ring (bicyclic) bond motifs is 1. The van der Waals surface area contributed by atoms with Gasteiger partial charge in [0.2, 0.25) is 10.0 Å². The first-order valence-electron chi connectivity index (χ1n) is 5.24. The molecule has 90 valence electrons. The van der Waals surface area contributed by atoms with Gasteiger partial charge in [0.15, 0.2) is 0 Å². The predicted octanol–water partition coefficient (Wildman–Crippen LogP) is 0.986. The third-order valence-electron chi connectivity index (χ3n) is 2.57. The number of hydrogen-bond donors (Lipinski definition) is 0. The van der Waals surface area contributed by atoms with Crippen LogP contribution >= 0.6 is 0 Å². The van der Waals surface area contributed by atoms with Gasteiger partial charge in [0.05, 0.1) is 31.2 Å². The Morgan fingerprint density at radius 3 is 2.94 bits per heavy atom. The third-order valence-corrected chi connectivity index (χ3v) is 4.25. The number of para-hydroxylation sites is 1. The zero-order valence-corrected chi connectivity index (χ0v) is 10.1. The van der Waals surface area contributed by atoms with E-state index in [0.717, 1.165) is 5.56 Å². The number of terminal acetylenes is 1. The number of nitrogens with zero attached hydrogens (tertiary/aromatic N) is 1. The monoisotopic (exact) mass is 251 g/mol. The van der Waals surface area contributed by atoms with Gasteiger partial charge in [0.1, 0.15) is 0 Å². The molecule has 0 amide bonds. The average Bonchev–Trinajstić information content (AvgIpc) is 2.31. The zero-order valence-electron chi connectivity index (χ0n) is 9.30. The molecule has 0 saturated heterocycles. The SMILES string of the molecule is C#CCN1c2ccccc2COCCS1(=O)=O. The van der Waals surface area contributed by atoms with Gasteiger partial charge in [-0.05, 0) is 6.07 Å². The highest BCUT2D eigenvalue weighted by atomic mass is 32.2. The molecule has 0 unspecified atom stereocenters. The minimum atomic E-state index is -3.39. The van der Waals surface area contributed by atoms with Gasteiger partial charge in [0, 0.05) is 5.56 Å². The summed E-state index contributed by atoms with van der Waals surface area (Å²) in [5.74, 6) is 2.35. The molecular weight excluding hydrogens is 238 g/mol. The van der Waals surface area contributed by atoms with Gasteiger partial charge >= 0.3 is 0 Å². The molecule has 1 aromatic rings. The van der Waals surface area contributed by atoms with Crippen LogP contribution in [-0.4, -0.2) is 27.3 Å². The van der Waals surface area contributed by atoms with E-state index in [4.69, 9.17) is 11.2 Å². The van der Waals surface area contributed by atoms with Crippen LogP contribution in [0.15, 0.2) is 24.3 Å². The Morgan fingerprint density at radius 2 is 2.18 bits per heavy atom. The van der Waals surface area contributed by atoms with Gasteiger partial charge in [-0.1, -0.05) is 24.1 Å². The molecule has 0 fully saturated rings. The summed E-state index contributed by atoms with van der Waals surface area (Å²) in [6.07, 6.45) is 5.24. The summed E-state index contributed by atoms with van der Waals surface area (Å²) >= 11 is 0. The minimum Gasteiger partial charge on any atom is -0.376 e. The molecular formula is C12H13NO3S. The maximum Gasteiger partial charge on any atom is 0.238 e. The largest absolute Gasteiger partial charge is 0.376 e. The summed E-state index contributed by atoms with van der Waals surface area (Å²) in [5, 5.41) is 0. The minimum absolute atomic E-state index is 0.0387. The Labute approximate surface area is 101 Å². The van der Waals surface area contributed by atoms with Gasteiger partial charge in [-0.25, -0.2) is 8.42 Å². The fourth-order valence-electron chi connectivity index (χ4n) is 1.75. The number of ether oxygens (including phenoxy) is 1. The van der Waals surface area contributed by atoms with Gasteiger partial charge in [-0.15, -0.1) is 6.42 Å². The molecule has 1 aliphatic heterocycles. The van der Waals surface area contributed by atoms with Gasteiger partial charge in [-0.3, -0.25) is 4.31 Å². The number of benzene rings is 1. The van der Waals surface area contributed by atoms with Crippen molar-refractivity contribution in [3.05, 3.63) is 29.8 Å². The van der Waals surface area contributed by atoms with Crippen LogP contribution in [0.3, 0.4) is 0 Å². The van der Waals surface area contributed by atoms with Crippen molar-refractivity contribution in [2.75, 3.05) is 23.2 Å². The molecule has 1 heterocycles. The summed E-state index contributed by atoms with van der Waals surface area (Å²) in [7, 11) is -3.39. The second-order valence-electron chi connectivity index (χ2n) is 3.71. The van der Waals surface area contributed by atoms with Gasteiger partial charge < -0.3 is 4.74 Å². The molecule has 0 aromatic heterocycles. The molecule has 0 bridgehead atoms. The first-order chi connectivity index (χ1) is 8.15. The van der Waals surface area contributed by atoms with E-state index < -0.39 is 10.0 Å². The van der Waals surface area contributed by atoms with Crippen molar-refractivity contribution in [1.29, 1.82) is 0 Å². The molecule has 17 heavy (non-hydrogen) atoms. The summed E-state index contributed by atoms with van der Waals surface area (Å²) in [6, 6.07) is 7.24. The van der Waals surface area contributed by atoms with Crippen LogP contribution in [0.5, 0.6) is 0 Å². The summed E-state index contributed by atoms with van der Waals surface area (Å²) in [5.41, 5.74) is 1.45. The molecule has 0 radical (unpaired) electrons. The predicted molar refractivity (Wildman–Crippen MR) is 66.1 cm³/mol. The number of anilines is 1. The van der Waals surface area contributed by atoms with E-state index in [0.29, 0.717) is 12.3 Å². The fourth-order valence-corrected chi connectivity index (χ4v) is 3.05. The van der Waals surface area contributed by atoms with E-state index >= 15 is 0 Å². The molecule has 2 rings (SSSR count). The second-order valence-corrected chi connectivity index (χ2v) is 5.72. The van der Waals surface area contributed by atoms with Crippen molar-refractivity contribution in [3.8, 4) is 12.3 Å². The van der Waals surface area contributed by atoms with E-state index in [1.54, 1.807) is 12.1 Å². The maximum atomic E-state index is 12.1. The lowest BCUT2D eigenvalue weighted by Gasteiger charge is -2.26. The lowest BCUT2D eigenvalue weighted by molar-refractivity contribution is 0.135. The van der Waals surface area contributed by atoms with Crippen molar-refractivity contribution in [3.63, 3.8) is 0 Å². The van der Waals surface area contributed by atoms with Crippen LogP contribution in [0.2, 0.25) is 0 Å². The van der Waals surface area contributed by atoms with Crippen LogP contribution in [0, 0.1) is 12.3 Å². The molecule has 0 saturated carbocycles. The average molecular weight is 251 g/mol. The quantitative estimate of drug-likeness (QED) is 0.699. The third kappa shape index (κ3) is 2.43. The Hall–Kier alpha value is -1.51. The number of sulfonamides is 1.